The van der Waals surface area contributed by atoms with Gasteiger partial charge >= 0.3 is 0 Å². The second kappa shape index (κ2) is 5.26. The molecule has 6 heteroatoms. The number of hydrogen-bond donors (Lipinski definition) is 2. The molecule has 0 fully saturated rings. The highest BCUT2D eigenvalue weighted by Gasteiger charge is 2.15. The minimum Gasteiger partial charge on any atom is -0.492 e. The van der Waals surface area contributed by atoms with E-state index in [1.165, 1.54) is 11.3 Å². The number of aliphatic imine (C=N–C) groups is 1. The quantitative estimate of drug-likeness (QED) is 0.846. The van der Waals surface area contributed by atoms with E-state index < -0.39 is 0 Å². The third-order valence-electron chi connectivity index (χ3n) is 2.74. The molecule has 100 valence electrons. The number of rotatable bonds is 4. The van der Waals surface area contributed by atoms with Gasteiger partial charge in [0.15, 0.2) is 10.9 Å². The van der Waals surface area contributed by atoms with Gasteiger partial charge in [-0.2, -0.15) is 4.98 Å². The predicted molar refractivity (Wildman–Crippen MR) is 82.7 cm³/mol. The fourth-order valence-electron chi connectivity index (χ4n) is 1.83. The van der Waals surface area contributed by atoms with Gasteiger partial charge in [-0.1, -0.05) is 17.4 Å². The molecule has 0 unspecified atom stereocenters. The van der Waals surface area contributed by atoms with Gasteiger partial charge in [-0.3, -0.25) is 0 Å². The number of nitrogens with one attached hydrogen (secondary N) is 1. The first-order valence-electron chi connectivity index (χ1n) is 6.03. The van der Waals surface area contributed by atoms with E-state index in [1.54, 1.807) is 18.5 Å². The van der Waals surface area contributed by atoms with Crippen molar-refractivity contribution in [3.05, 3.63) is 41.4 Å². The summed E-state index contributed by atoms with van der Waals surface area (Å²) >= 11 is 1.38. The average molecular weight is 284 g/mol. The first-order valence-corrected chi connectivity index (χ1v) is 6.85. The largest absolute Gasteiger partial charge is 0.492 e. The van der Waals surface area contributed by atoms with Crippen molar-refractivity contribution in [2.75, 3.05) is 11.9 Å². The van der Waals surface area contributed by atoms with E-state index in [-0.39, 0.29) is 5.88 Å². The summed E-state index contributed by atoms with van der Waals surface area (Å²) in [5.74, 6) is 0.715. The van der Waals surface area contributed by atoms with E-state index >= 15 is 0 Å². The lowest BCUT2D eigenvalue weighted by atomic mass is 10.1. The summed E-state index contributed by atoms with van der Waals surface area (Å²) in [5.41, 5.74) is 1.88. The summed E-state index contributed by atoms with van der Waals surface area (Å²) in [6.07, 6.45) is 7.06. The van der Waals surface area contributed by atoms with Crippen LogP contribution in [0, 0.1) is 0 Å². The molecule has 0 saturated heterocycles. The normalized spacial score (nSPS) is 14.5. The van der Waals surface area contributed by atoms with Crippen molar-refractivity contribution in [2.24, 2.45) is 4.99 Å². The van der Waals surface area contributed by atoms with Gasteiger partial charge < -0.3 is 10.4 Å². The summed E-state index contributed by atoms with van der Waals surface area (Å²) in [6, 6.07) is 3.82. The topological polar surface area (TPSA) is 70.4 Å². The van der Waals surface area contributed by atoms with Crippen molar-refractivity contribution in [3.63, 3.8) is 0 Å². The maximum atomic E-state index is 9.87. The Kier molecular flexibility index (Phi) is 3.30. The fraction of sp³-hybridized carbons (Fsp3) is 0.0714. The molecular weight excluding hydrogens is 272 g/mol. The SMILES string of the molecule is C=CCNc1nc(O)c(/C=C2\C=Nc3ncccc32)s1. The van der Waals surface area contributed by atoms with E-state index in [4.69, 9.17) is 0 Å². The minimum absolute atomic E-state index is 0.0137. The van der Waals surface area contributed by atoms with Crippen molar-refractivity contribution in [2.45, 2.75) is 0 Å². The Hall–Kier alpha value is -2.47. The van der Waals surface area contributed by atoms with Gasteiger partial charge in [0.1, 0.15) is 0 Å². The van der Waals surface area contributed by atoms with Crippen LogP contribution in [0.5, 0.6) is 5.88 Å². The summed E-state index contributed by atoms with van der Waals surface area (Å²) < 4.78 is 0. The third-order valence-corrected chi connectivity index (χ3v) is 3.69. The summed E-state index contributed by atoms with van der Waals surface area (Å²) in [4.78, 5) is 13.2. The Bertz CT molecular complexity index is 718. The molecule has 0 radical (unpaired) electrons. The molecule has 3 rings (SSSR count). The molecule has 2 aromatic rings. The van der Waals surface area contributed by atoms with E-state index in [2.05, 4.69) is 26.9 Å². The lowest BCUT2D eigenvalue weighted by Crippen LogP contribution is -1.95. The van der Waals surface area contributed by atoms with Gasteiger partial charge in [0, 0.05) is 30.1 Å². The maximum Gasteiger partial charge on any atom is 0.231 e. The molecule has 0 spiro atoms. The Balaban J connectivity index is 1.92. The zero-order valence-corrected chi connectivity index (χ0v) is 11.4. The van der Waals surface area contributed by atoms with E-state index in [0.717, 1.165) is 11.1 Å². The molecule has 0 saturated carbocycles. The van der Waals surface area contributed by atoms with Crippen molar-refractivity contribution in [3.8, 4) is 5.88 Å². The van der Waals surface area contributed by atoms with Crippen molar-refractivity contribution < 1.29 is 5.11 Å². The smallest absolute Gasteiger partial charge is 0.231 e. The molecule has 3 heterocycles. The Morgan fingerprint density at radius 2 is 2.35 bits per heavy atom. The van der Waals surface area contributed by atoms with Gasteiger partial charge in [-0.05, 0) is 18.2 Å². The van der Waals surface area contributed by atoms with Crippen LogP contribution in [0.15, 0.2) is 36.0 Å². The van der Waals surface area contributed by atoms with Gasteiger partial charge in [0.2, 0.25) is 5.88 Å². The second-order valence-corrected chi connectivity index (χ2v) is 5.14. The summed E-state index contributed by atoms with van der Waals surface area (Å²) in [5, 5.41) is 13.6. The van der Waals surface area contributed by atoms with E-state index in [1.807, 2.05) is 18.2 Å². The van der Waals surface area contributed by atoms with Crippen LogP contribution >= 0.6 is 11.3 Å². The highest BCUT2D eigenvalue weighted by atomic mass is 32.1. The summed E-state index contributed by atoms with van der Waals surface area (Å²) in [6.45, 7) is 4.24. The zero-order valence-electron chi connectivity index (χ0n) is 10.6. The molecule has 1 aliphatic heterocycles. The van der Waals surface area contributed by atoms with Crippen LogP contribution < -0.4 is 5.32 Å². The highest BCUT2D eigenvalue weighted by molar-refractivity contribution is 7.16. The molecule has 2 N–H and O–H groups in total. The molecule has 5 nitrogen and oxygen atoms in total. The average Bonchev–Trinajstić information content (AvgIpc) is 3.02. The Labute approximate surface area is 120 Å². The molecule has 0 aromatic carbocycles. The van der Waals surface area contributed by atoms with Gasteiger partial charge in [0.25, 0.3) is 0 Å². The number of allylic oxidation sites excluding steroid dienone is 1. The van der Waals surface area contributed by atoms with Crippen molar-refractivity contribution in [1.29, 1.82) is 0 Å². The van der Waals surface area contributed by atoms with Crippen LogP contribution in [0.2, 0.25) is 0 Å². The van der Waals surface area contributed by atoms with Gasteiger partial charge in [0.05, 0.1) is 4.88 Å². The van der Waals surface area contributed by atoms with Crippen LogP contribution in [-0.4, -0.2) is 27.8 Å². The van der Waals surface area contributed by atoms with Crippen LogP contribution in [0.25, 0.3) is 11.6 Å². The summed E-state index contributed by atoms with van der Waals surface area (Å²) in [7, 11) is 0. The number of aromatic nitrogens is 2. The van der Waals surface area contributed by atoms with Crippen LogP contribution in [-0.2, 0) is 0 Å². The molecule has 20 heavy (non-hydrogen) atoms. The minimum atomic E-state index is 0.0137. The second-order valence-electron chi connectivity index (χ2n) is 4.11. The lowest BCUT2D eigenvalue weighted by molar-refractivity contribution is 0.457. The first-order chi connectivity index (χ1) is 9.78. The Morgan fingerprint density at radius 3 is 3.20 bits per heavy atom. The fourth-order valence-corrected chi connectivity index (χ4v) is 2.65. The van der Waals surface area contributed by atoms with Gasteiger partial charge in [-0.15, -0.1) is 6.58 Å². The maximum absolute atomic E-state index is 9.87. The van der Waals surface area contributed by atoms with E-state index in [9.17, 15) is 5.11 Å². The number of aromatic hydroxyl groups is 1. The monoisotopic (exact) mass is 284 g/mol. The standard InChI is InChI=1S/C14H12N4OS/c1-2-5-16-14-18-13(19)11(20-14)7-9-8-17-12-10(9)4-3-6-15-12/h2-4,6-8,19H,1,5H2,(H,16,18)/b9-7+. The highest BCUT2D eigenvalue weighted by Crippen LogP contribution is 2.35. The van der Waals surface area contributed by atoms with Crippen LogP contribution in [0.1, 0.15) is 10.4 Å². The predicted octanol–water partition coefficient (Wildman–Crippen LogP) is 3.10. The number of fused-ring (bicyclic) bond motifs is 1. The molecule has 0 bridgehead atoms. The van der Waals surface area contributed by atoms with Crippen molar-refractivity contribution in [1.82, 2.24) is 9.97 Å². The number of pyridine rings is 1. The number of nitrogens with zero attached hydrogens (tertiary/aromatic N) is 3. The third kappa shape index (κ3) is 2.33. The van der Waals surface area contributed by atoms with E-state index in [0.29, 0.717) is 22.4 Å². The molecule has 1 aliphatic rings. The Morgan fingerprint density at radius 1 is 1.45 bits per heavy atom. The molecular formula is C14H12N4OS. The van der Waals surface area contributed by atoms with Crippen LogP contribution in [0.3, 0.4) is 0 Å². The molecule has 0 aliphatic carbocycles. The lowest BCUT2D eigenvalue weighted by Gasteiger charge is -1.97. The molecule has 0 atom stereocenters. The van der Waals surface area contributed by atoms with Crippen LogP contribution in [0.4, 0.5) is 10.9 Å². The number of thiazole rings is 1. The number of hydrogen-bond acceptors (Lipinski definition) is 6. The van der Waals surface area contributed by atoms with Crippen molar-refractivity contribution >= 4 is 40.1 Å². The zero-order chi connectivity index (χ0) is 13.9. The number of anilines is 1. The first kappa shape index (κ1) is 12.6. The molecule has 2 aromatic heterocycles. The molecule has 0 amide bonds. The van der Waals surface area contributed by atoms with Gasteiger partial charge in [-0.25, -0.2) is 9.98 Å².